The van der Waals surface area contributed by atoms with E-state index in [4.69, 9.17) is 0 Å². The Labute approximate surface area is 155 Å². The summed E-state index contributed by atoms with van der Waals surface area (Å²) in [6.07, 6.45) is 0. The summed E-state index contributed by atoms with van der Waals surface area (Å²) < 4.78 is 1.85. The Kier molecular flexibility index (Phi) is 6.55. The number of hydrogen-bond acceptors (Lipinski definition) is 3. The average molecular weight is 356 g/mol. The van der Waals surface area contributed by atoms with Crippen LogP contribution in [0.2, 0.25) is 0 Å². The number of carbonyl (C=O) groups is 2. The van der Waals surface area contributed by atoms with Crippen LogP contribution in [-0.4, -0.2) is 58.1 Å². The van der Waals surface area contributed by atoms with Gasteiger partial charge in [0.15, 0.2) is 0 Å². The fourth-order valence-corrected chi connectivity index (χ4v) is 3.06. The smallest absolute Gasteiger partial charge is 0.257 e. The first-order chi connectivity index (χ1) is 12.4. The Hall–Kier alpha value is -2.63. The van der Waals surface area contributed by atoms with Crippen LogP contribution in [0.15, 0.2) is 30.3 Å². The molecule has 6 nitrogen and oxygen atoms in total. The topological polar surface area (TPSA) is 58.4 Å². The maximum Gasteiger partial charge on any atom is 0.257 e. The van der Waals surface area contributed by atoms with Crippen molar-refractivity contribution in [3.63, 3.8) is 0 Å². The highest BCUT2D eigenvalue weighted by atomic mass is 16.2. The summed E-state index contributed by atoms with van der Waals surface area (Å²) in [5.41, 5.74) is 3.21. The molecule has 0 unspecified atom stereocenters. The molecule has 140 valence electrons. The number of rotatable bonds is 7. The molecule has 0 saturated heterocycles. The minimum absolute atomic E-state index is 0.0437. The molecule has 2 amide bonds. The number of benzene rings is 1. The first kappa shape index (κ1) is 19.7. The highest BCUT2D eigenvalue weighted by Gasteiger charge is 2.24. The third-order valence-corrected chi connectivity index (χ3v) is 4.61. The molecule has 0 aliphatic carbocycles. The molecule has 1 heterocycles. The first-order valence-electron chi connectivity index (χ1n) is 9.00. The van der Waals surface area contributed by atoms with Gasteiger partial charge in [-0.1, -0.05) is 30.3 Å². The van der Waals surface area contributed by atoms with Crippen molar-refractivity contribution in [1.29, 1.82) is 0 Å². The van der Waals surface area contributed by atoms with Crippen LogP contribution < -0.4 is 0 Å². The first-order valence-corrected chi connectivity index (χ1v) is 9.00. The van der Waals surface area contributed by atoms with Gasteiger partial charge in [0.05, 0.1) is 24.3 Å². The molecule has 1 aromatic carbocycles. The van der Waals surface area contributed by atoms with Crippen molar-refractivity contribution in [2.75, 3.05) is 26.7 Å². The minimum atomic E-state index is -0.167. The second kappa shape index (κ2) is 8.65. The van der Waals surface area contributed by atoms with Crippen LogP contribution in [0, 0.1) is 13.8 Å². The molecule has 0 atom stereocenters. The lowest BCUT2D eigenvalue weighted by Crippen LogP contribution is -2.41. The Morgan fingerprint density at radius 1 is 1.08 bits per heavy atom. The van der Waals surface area contributed by atoms with Gasteiger partial charge in [0.2, 0.25) is 5.91 Å². The van der Waals surface area contributed by atoms with E-state index in [0.29, 0.717) is 30.9 Å². The number of amides is 2. The zero-order chi connectivity index (χ0) is 19.3. The lowest BCUT2D eigenvalue weighted by atomic mass is 10.1. The second-order valence-electron chi connectivity index (χ2n) is 6.42. The van der Waals surface area contributed by atoms with Gasteiger partial charge in [0, 0.05) is 25.8 Å². The van der Waals surface area contributed by atoms with E-state index in [9.17, 15) is 9.59 Å². The highest BCUT2D eigenvalue weighted by molar-refractivity contribution is 5.98. The van der Waals surface area contributed by atoms with E-state index in [1.165, 1.54) is 4.90 Å². The summed E-state index contributed by atoms with van der Waals surface area (Å²) >= 11 is 0. The van der Waals surface area contributed by atoms with Gasteiger partial charge in [-0.2, -0.15) is 5.10 Å². The van der Waals surface area contributed by atoms with Crippen molar-refractivity contribution in [3.8, 4) is 0 Å². The summed E-state index contributed by atoms with van der Waals surface area (Å²) in [5, 5.41) is 4.53. The van der Waals surface area contributed by atoms with Gasteiger partial charge in [0.1, 0.15) is 0 Å². The SMILES string of the molecule is CCN(CC)C(=O)CN(C)C(=O)c1c(C)nn(Cc2ccccc2)c1C. The summed E-state index contributed by atoms with van der Waals surface area (Å²) in [4.78, 5) is 28.4. The van der Waals surface area contributed by atoms with E-state index in [-0.39, 0.29) is 18.4 Å². The number of aromatic nitrogens is 2. The van der Waals surface area contributed by atoms with Gasteiger partial charge in [-0.3, -0.25) is 14.3 Å². The van der Waals surface area contributed by atoms with Crippen molar-refractivity contribution in [3.05, 3.63) is 52.8 Å². The van der Waals surface area contributed by atoms with Gasteiger partial charge in [0.25, 0.3) is 5.91 Å². The fourth-order valence-electron chi connectivity index (χ4n) is 3.06. The molecule has 0 N–H and O–H groups in total. The van der Waals surface area contributed by atoms with Crippen molar-refractivity contribution in [1.82, 2.24) is 19.6 Å². The van der Waals surface area contributed by atoms with Gasteiger partial charge in [-0.25, -0.2) is 0 Å². The zero-order valence-electron chi connectivity index (χ0n) is 16.3. The number of carbonyl (C=O) groups excluding carboxylic acids is 2. The summed E-state index contributed by atoms with van der Waals surface area (Å²) in [5.74, 6) is -0.211. The molecule has 6 heteroatoms. The van der Waals surface area contributed by atoms with E-state index in [2.05, 4.69) is 5.10 Å². The maximum atomic E-state index is 12.9. The molecule has 0 fully saturated rings. The molecule has 2 aromatic rings. The molecule has 26 heavy (non-hydrogen) atoms. The molecular formula is C20H28N4O2. The molecule has 1 aromatic heterocycles. The van der Waals surface area contributed by atoms with E-state index in [1.807, 2.05) is 62.7 Å². The monoisotopic (exact) mass is 356 g/mol. The minimum Gasteiger partial charge on any atom is -0.342 e. The normalized spacial score (nSPS) is 10.7. The predicted octanol–water partition coefficient (Wildman–Crippen LogP) is 2.49. The van der Waals surface area contributed by atoms with E-state index < -0.39 is 0 Å². The third kappa shape index (κ3) is 4.31. The number of likely N-dealkylation sites (N-methyl/N-ethyl adjacent to an activating group) is 2. The summed E-state index contributed by atoms with van der Waals surface area (Å²) in [6, 6.07) is 10.0. The molecule has 0 saturated carbocycles. The van der Waals surface area contributed by atoms with E-state index >= 15 is 0 Å². The molecule has 0 spiro atoms. The van der Waals surface area contributed by atoms with Gasteiger partial charge < -0.3 is 9.80 Å². The summed E-state index contributed by atoms with van der Waals surface area (Å²) in [7, 11) is 1.66. The van der Waals surface area contributed by atoms with Crippen LogP contribution >= 0.6 is 0 Å². The Morgan fingerprint density at radius 3 is 2.27 bits per heavy atom. The van der Waals surface area contributed by atoms with Gasteiger partial charge in [-0.05, 0) is 33.3 Å². The standard InChI is InChI=1S/C20H28N4O2/c1-6-23(7-2)18(25)14-22(5)20(26)19-15(3)21-24(16(19)4)13-17-11-9-8-10-12-17/h8-12H,6-7,13-14H2,1-5H3. The molecule has 0 radical (unpaired) electrons. The molecule has 2 rings (SSSR count). The van der Waals surface area contributed by atoms with E-state index in [1.54, 1.807) is 11.9 Å². The number of aryl methyl sites for hydroxylation is 1. The quantitative estimate of drug-likeness (QED) is 0.766. The highest BCUT2D eigenvalue weighted by Crippen LogP contribution is 2.17. The number of nitrogens with zero attached hydrogens (tertiary/aromatic N) is 4. The van der Waals surface area contributed by atoms with Crippen LogP contribution in [-0.2, 0) is 11.3 Å². The Balaban J connectivity index is 2.17. The zero-order valence-corrected chi connectivity index (χ0v) is 16.3. The van der Waals surface area contributed by atoms with Crippen molar-refractivity contribution < 1.29 is 9.59 Å². The lowest BCUT2D eigenvalue weighted by molar-refractivity contribution is -0.131. The number of hydrogen-bond donors (Lipinski definition) is 0. The van der Waals surface area contributed by atoms with Crippen LogP contribution in [0.25, 0.3) is 0 Å². The Morgan fingerprint density at radius 2 is 1.69 bits per heavy atom. The van der Waals surface area contributed by atoms with E-state index in [0.717, 1.165) is 11.3 Å². The maximum absolute atomic E-state index is 12.9. The summed E-state index contributed by atoms with van der Waals surface area (Å²) in [6.45, 7) is 9.58. The van der Waals surface area contributed by atoms with Gasteiger partial charge >= 0.3 is 0 Å². The predicted molar refractivity (Wildman–Crippen MR) is 102 cm³/mol. The third-order valence-electron chi connectivity index (χ3n) is 4.61. The van der Waals surface area contributed by atoms with Crippen LogP contribution in [0.5, 0.6) is 0 Å². The molecule has 0 bridgehead atoms. The Bertz CT molecular complexity index is 764. The van der Waals surface area contributed by atoms with Gasteiger partial charge in [-0.15, -0.1) is 0 Å². The van der Waals surface area contributed by atoms with Crippen molar-refractivity contribution >= 4 is 11.8 Å². The second-order valence-corrected chi connectivity index (χ2v) is 6.42. The fraction of sp³-hybridized carbons (Fsp3) is 0.450. The van der Waals surface area contributed by atoms with Crippen LogP contribution in [0.4, 0.5) is 0 Å². The van der Waals surface area contributed by atoms with Crippen LogP contribution in [0.1, 0.15) is 41.2 Å². The molecular weight excluding hydrogens is 328 g/mol. The van der Waals surface area contributed by atoms with Crippen molar-refractivity contribution in [2.24, 2.45) is 0 Å². The largest absolute Gasteiger partial charge is 0.342 e. The molecule has 0 aliphatic heterocycles. The lowest BCUT2D eigenvalue weighted by Gasteiger charge is -2.23. The van der Waals surface area contributed by atoms with Crippen molar-refractivity contribution in [2.45, 2.75) is 34.2 Å². The molecule has 0 aliphatic rings. The van der Waals surface area contributed by atoms with Crippen LogP contribution in [0.3, 0.4) is 0 Å². The average Bonchev–Trinajstić information content (AvgIpc) is 2.89.